The summed E-state index contributed by atoms with van der Waals surface area (Å²) in [6.45, 7) is 2.42. The van der Waals surface area contributed by atoms with Crippen molar-refractivity contribution in [2.24, 2.45) is 0 Å². The fourth-order valence-electron chi connectivity index (χ4n) is 2.15. The highest BCUT2D eigenvalue weighted by molar-refractivity contribution is 7.92. The number of rotatable bonds is 4. The first-order valence-electron chi connectivity index (χ1n) is 6.93. The third-order valence-corrected chi connectivity index (χ3v) is 5.14. The smallest absolute Gasteiger partial charge is 0.263 e. The van der Waals surface area contributed by atoms with Gasteiger partial charge in [-0.15, -0.1) is 5.10 Å². The lowest BCUT2D eigenvalue weighted by Crippen LogP contribution is -2.40. The topological polar surface area (TPSA) is 100 Å². The molecule has 1 saturated heterocycles. The Morgan fingerprint density at radius 1 is 1.22 bits per heavy atom. The molecule has 1 fully saturated rings. The Bertz CT molecular complexity index is 785. The van der Waals surface area contributed by atoms with Gasteiger partial charge in [0.1, 0.15) is 4.99 Å². The Hall–Kier alpha value is -2.04. The zero-order valence-electron chi connectivity index (χ0n) is 12.1. The van der Waals surface area contributed by atoms with E-state index in [4.69, 9.17) is 17.0 Å². The van der Waals surface area contributed by atoms with Gasteiger partial charge in [0.25, 0.3) is 10.0 Å². The highest BCUT2D eigenvalue weighted by Gasteiger charge is 2.24. The van der Waals surface area contributed by atoms with Crippen LogP contribution in [0.25, 0.3) is 0 Å². The maximum absolute atomic E-state index is 12.4. The van der Waals surface area contributed by atoms with Gasteiger partial charge < -0.3 is 9.64 Å². The number of H-pyrrole nitrogens is 1. The van der Waals surface area contributed by atoms with Crippen molar-refractivity contribution in [3.05, 3.63) is 36.0 Å². The molecule has 1 aliphatic heterocycles. The molecule has 122 valence electrons. The average Bonchev–Trinajstić information content (AvgIpc) is 3.03. The van der Waals surface area contributed by atoms with E-state index in [1.54, 1.807) is 18.2 Å². The number of anilines is 1. The average molecular weight is 353 g/mol. The molecule has 0 aliphatic carbocycles. The van der Waals surface area contributed by atoms with E-state index in [0.717, 1.165) is 0 Å². The van der Waals surface area contributed by atoms with Gasteiger partial charge in [-0.1, -0.05) is 30.4 Å². The highest BCUT2D eigenvalue weighted by Crippen LogP contribution is 2.18. The van der Waals surface area contributed by atoms with Crippen LogP contribution in [0.2, 0.25) is 0 Å². The van der Waals surface area contributed by atoms with Crippen molar-refractivity contribution in [2.45, 2.75) is 4.90 Å². The third kappa shape index (κ3) is 3.49. The molecular formula is C13H15N5O3S2. The summed E-state index contributed by atoms with van der Waals surface area (Å²) in [6.07, 6.45) is 0. The molecule has 0 atom stereocenters. The lowest BCUT2D eigenvalue weighted by molar-refractivity contribution is 0.0692. The number of hydrogen-bond acceptors (Lipinski definition) is 6. The molecule has 2 aromatic rings. The van der Waals surface area contributed by atoms with Gasteiger partial charge in [0.2, 0.25) is 0 Å². The second-order valence-corrected chi connectivity index (χ2v) is 6.91. The molecule has 0 radical (unpaired) electrons. The van der Waals surface area contributed by atoms with Crippen molar-refractivity contribution in [1.29, 1.82) is 0 Å². The van der Waals surface area contributed by atoms with Gasteiger partial charge in [-0.2, -0.15) is 10.3 Å². The number of aromatic amines is 1. The zero-order valence-corrected chi connectivity index (χ0v) is 13.7. The summed E-state index contributed by atoms with van der Waals surface area (Å²) in [5.74, 6) is 0.0883. The second-order valence-electron chi connectivity index (χ2n) is 4.84. The number of ether oxygens (including phenoxy) is 1. The maximum atomic E-state index is 12.4. The van der Waals surface area contributed by atoms with Crippen molar-refractivity contribution in [1.82, 2.24) is 20.3 Å². The van der Waals surface area contributed by atoms with Gasteiger partial charge in [-0.05, 0) is 12.1 Å². The van der Waals surface area contributed by atoms with Gasteiger partial charge in [-0.3, -0.25) is 4.72 Å². The van der Waals surface area contributed by atoms with Gasteiger partial charge in [0.15, 0.2) is 11.5 Å². The van der Waals surface area contributed by atoms with Crippen LogP contribution < -0.4 is 4.72 Å². The highest BCUT2D eigenvalue weighted by atomic mass is 32.2. The zero-order chi connectivity index (χ0) is 16.3. The summed E-state index contributed by atoms with van der Waals surface area (Å²) >= 11 is 5.40. The summed E-state index contributed by atoms with van der Waals surface area (Å²) in [4.78, 5) is 2.50. The van der Waals surface area contributed by atoms with Gasteiger partial charge >= 0.3 is 0 Å². The molecule has 1 aliphatic rings. The minimum absolute atomic E-state index is 0.0883. The van der Waals surface area contributed by atoms with Gasteiger partial charge in [0, 0.05) is 13.1 Å². The maximum Gasteiger partial charge on any atom is 0.263 e. The molecule has 1 aromatic carbocycles. The van der Waals surface area contributed by atoms with E-state index >= 15 is 0 Å². The molecule has 0 unspecified atom stereocenters. The normalized spacial score (nSPS) is 15.4. The van der Waals surface area contributed by atoms with Crippen LogP contribution in [-0.4, -0.2) is 60.0 Å². The predicted octanol–water partition coefficient (Wildman–Crippen LogP) is 0.613. The first kappa shape index (κ1) is 15.8. The quantitative estimate of drug-likeness (QED) is 0.777. The van der Waals surface area contributed by atoms with Crippen LogP contribution in [0.1, 0.15) is 5.69 Å². The Morgan fingerprint density at radius 2 is 1.91 bits per heavy atom. The summed E-state index contributed by atoms with van der Waals surface area (Å²) in [6, 6.07) is 8.05. The van der Waals surface area contributed by atoms with Gasteiger partial charge in [-0.25, -0.2) is 8.42 Å². The number of hydrogen-bond donors (Lipinski definition) is 2. The molecule has 3 rings (SSSR count). The number of sulfonamides is 1. The standard InChI is InChI=1S/C13H15N5O3S2/c19-23(20,10-4-2-1-3-5-10)16-12-11(14-17-15-12)13(22)18-6-8-21-9-7-18/h1-5H,6-9H2,(H2,14,15,16,17). The van der Waals surface area contributed by atoms with E-state index in [2.05, 4.69) is 20.1 Å². The van der Waals surface area contributed by atoms with E-state index in [0.29, 0.717) is 37.0 Å². The molecule has 1 aromatic heterocycles. The van der Waals surface area contributed by atoms with Crippen LogP contribution in [0.4, 0.5) is 5.82 Å². The van der Waals surface area contributed by atoms with Crippen LogP contribution in [0.3, 0.4) is 0 Å². The molecule has 8 nitrogen and oxygen atoms in total. The van der Waals surface area contributed by atoms with Crippen LogP contribution in [0, 0.1) is 0 Å². The lowest BCUT2D eigenvalue weighted by atomic mass is 10.3. The van der Waals surface area contributed by atoms with E-state index in [-0.39, 0.29) is 10.7 Å². The number of nitrogens with zero attached hydrogens (tertiary/aromatic N) is 3. The summed E-state index contributed by atoms with van der Waals surface area (Å²) in [7, 11) is -3.75. The number of aromatic nitrogens is 3. The summed E-state index contributed by atoms with van der Waals surface area (Å²) in [5, 5.41) is 10.3. The monoisotopic (exact) mass is 353 g/mol. The predicted molar refractivity (Wildman–Crippen MR) is 87.7 cm³/mol. The van der Waals surface area contributed by atoms with E-state index in [1.165, 1.54) is 12.1 Å². The Balaban J connectivity index is 1.82. The number of thiocarbonyl (C=S) groups is 1. The van der Waals surface area contributed by atoms with E-state index in [1.807, 2.05) is 4.90 Å². The lowest BCUT2D eigenvalue weighted by Gasteiger charge is -2.28. The van der Waals surface area contributed by atoms with Crippen LogP contribution in [0.15, 0.2) is 35.2 Å². The van der Waals surface area contributed by atoms with Crippen LogP contribution in [0.5, 0.6) is 0 Å². The summed E-state index contributed by atoms with van der Waals surface area (Å²) < 4.78 is 32.5. The molecule has 2 heterocycles. The molecule has 10 heteroatoms. The fourth-order valence-corrected chi connectivity index (χ4v) is 3.51. The number of nitrogens with one attached hydrogen (secondary N) is 2. The van der Waals surface area contributed by atoms with E-state index < -0.39 is 10.0 Å². The van der Waals surface area contributed by atoms with Crippen molar-refractivity contribution in [2.75, 3.05) is 31.0 Å². The molecule has 0 bridgehead atoms. The van der Waals surface area contributed by atoms with Crippen molar-refractivity contribution >= 4 is 33.0 Å². The third-order valence-electron chi connectivity index (χ3n) is 3.33. The first-order chi connectivity index (χ1) is 11.1. The SMILES string of the molecule is O=S(=O)(Nc1n[nH]nc1C(=S)N1CCOCC1)c1ccccc1. The van der Waals surface area contributed by atoms with E-state index in [9.17, 15) is 8.42 Å². The fraction of sp³-hybridized carbons (Fsp3) is 0.308. The van der Waals surface area contributed by atoms with Crippen molar-refractivity contribution in [3.63, 3.8) is 0 Å². The molecule has 0 amide bonds. The minimum atomic E-state index is -3.75. The minimum Gasteiger partial charge on any atom is -0.378 e. The van der Waals surface area contributed by atoms with Crippen molar-refractivity contribution < 1.29 is 13.2 Å². The number of benzene rings is 1. The Morgan fingerprint density at radius 3 is 2.61 bits per heavy atom. The first-order valence-corrected chi connectivity index (χ1v) is 8.83. The van der Waals surface area contributed by atoms with Crippen LogP contribution >= 0.6 is 12.2 Å². The molecule has 0 saturated carbocycles. The van der Waals surface area contributed by atoms with Gasteiger partial charge in [0.05, 0.1) is 18.1 Å². The largest absolute Gasteiger partial charge is 0.378 e. The number of morpholine rings is 1. The Kier molecular flexibility index (Phi) is 4.55. The van der Waals surface area contributed by atoms with Crippen LogP contribution in [-0.2, 0) is 14.8 Å². The molecular weight excluding hydrogens is 338 g/mol. The molecule has 23 heavy (non-hydrogen) atoms. The molecule has 0 spiro atoms. The second kappa shape index (κ2) is 6.60. The van der Waals surface area contributed by atoms with Crippen molar-refractivity contribution in [3.8, 4) is 0 Å². The Labute approximate surface area is 138 Å². The molecule has 2 N–H and O–H groups in total. The summed E-state index contributed by atoms with van der Waals surface area (Å²) in [5.41, 5.74) is 0.307.